The number of carbonyl (C=O) groups is 3. The van der Waals surface area contributed by atoms with E-state index < -0.39 is 0 Å². The smallest absolute Gasteiger partial charge is 0.275 e. The zero-order chi connectivity index (χ0) is 24.9. The van der Waals surface area contributed by atoms with E-state index in [1.807, 2.05) is 24.8 Å². The van der Waals surface area contributed by atoms with Gasteiger partial charge in [0.2, 0.25) is 11.8 Å². The third-order valence-corrected chi connectivity index (χ3v) is 7.05. The lowest BCUT2D eigenvalue weighted by atomic mass is 9.97. The van der Waals surface area contributed by atoms with Crippen LogP contribution in [0.4, 0.5) is 5.69 Å². The highest BCUT2D eigenvalue weighted by Crippen LogP contribution is 2.31. The predicted molar refractivity (Wildman–Crippen MR) is 133 cm³/mol. The first kappa shape index (κ1) is 24.5. The van der Waals surface area contributed by atoms with Crippen LogP contribution in [-0.2, 0) is 9.59 Å². The number of nitrogens with one attached hydrogen (secondary N) is 2. The van der Waals surface area contributed by atoms with Crippen LogP contribution in [0.25, 0.3) is 5.82 Å². The maximum atomic E-state index is 13.0. The van der Waals surface area contributed by atoms with E-state index in [1.165, 1.54) is 11.3 Å². The second-order valence-electron chi connectivity index (χ2n) is 8.57. The third-order valence-electron chi connectivity index (χ3n) is 6.04. The Morgan fingerprint density at radius 1 is 1.17 bits per heavy atom. The molecular formula is C24H29N7O3S. The number of piperidine rings is 1. The lowest BCUT2D eigenvalue weighted by Crippen LogP contribution is -2.38. The summed E-state index contributed by atoms with van der Waals surface area (Å²) in [6, 6.07) is 5.51. The molecule has 35 heavy (non-hydrogen) atoms. The van der Waals surface area contributed by atoms with Gasteiger partial charge in [0, 0.05) is 56.2 Å². The fraction of sp³-hybridized carbons (Fsp3) is 0.417. The molecule has 4 heterocycles. The highest BCUT2D eigenvalue weighted by atomic mass is 32.1. The Morgan fingerprint density at radius 2 is 1.94 bits per heavy atom. The van der Waals surface area contributed by atoms with Crippen LogP contribution >= 0.6 is 11.3 Å². The molecule has 0 spiro atoms. The zero-order valence-corrected chi connectivity index (χ0v) is 20.9. The minimum Gasteiger partial charge on any atom is -0.359 e. The summed E-state index contributed by atoms with van der Waals surface area (Å²) >= 11 is 1.47. The van der Waals surface area contributed by atoms with Crippen molar-refractivity contribution in [3.8, 4) is 5.82 Å². The molecule has 1 fully saturated rings. The van der Waals surface area contributed by atoms with Crippen LogP contribution in [0, 0.1) is 13.8 Å². The second-order valence-corrected chi connectivity index (χ2v) is 9.46. The van der Waals surface area contributed by atoms with Crippen LogP contribution < -0.4 is 10.6 Å². The van der Waals surface area contributed by atoms with Gasteiger partial charge >= 0.3 is 0 Å². The van der Waals surface area contributed by atoms with Crippen LogP contribution in [0.1, 0.15) is 58.5 Å². The molecule has 0 atom stereocenters. The third kappa shape index (κ3) is 5.73. The average Bonchev–Trinajstić information content (AvgIpc) is 3.49. The van der Waals surface area contributed by atoms with E-state index in [1.54, 1.807) is 35.4 Å². The lowest BCUT2D eigenvalue weighted by molar-refractivity contribution is -0.134. The number of carbonyl (C=O) groups excluding carboxylic acids is 3. The molecule has 0 aliphatic carbocycles. The Balaban J connectivity index is 1.37. The van der Waals surface area contributed by atoms with E-state index in [2.05, 4.69) is 25.7 Å². The van der Waals surface area contributed by atoms with Crippen molar-refractivity contribution < 1.29 is 14.4 Å². The number of hydrogen-bond acceptors (Lipinski definition) is 7. The average molecular weight is 496 g/mol. The predicted octanol–water partition coefficient (Wildman–Crippen LogP) is 2.83. The SMILES string of the molecule is CNC(=O)CCC(=O)N1CCC(c2nc(C(=O)Nc3cccnc3-n3nc(C)cc3C)cs2)CC1. The molecule has 0 radical (unpaired) electrons. The number of amides is 3. The van der Waals surface area contributed by atoms with Gasteiger partial charge in [0.15, 0.2) is 5.82 Å². The molecule has 184 valence electrons. The number of nitrogens with zero attached hydrogens (tertiary/aromatic N) is 5. The van der Waals surface area contributed by atoms with Crippen molar-refractivity contribution in [3.05, 3.63) is 51.9 Å². The maximum Gasteiger partial charge on any atom is 0.275 e. The maximum absolute atomic E-state index is 13.0. The van der Waals surface area contributed by atoms with Gasteiger partial charge in [-0.25, -0.2) is 14.6 Å². The highest BCUT2D eigenvalue weighted by molar-refractivity contribution is 7.10. The molecule has 1 aliphatic heterocycles. The monoisotopic (exact) mass is 495 g/mol. The largest absolute Gasteiger partial charge is 0.359 e. The topological polar surface area (TPSA) is 122 Å². The van der Waals surface area contributed by atoms with Gasteiger partial charge in [-0.1, -0.05) is 0 Å². The number of aryl methyl sites for hydroxylation is 2. The summed E-state index contributed by atoms with van der Waals surface area (Å²) in [5.74, 6) is 0.324. The molecule has 0 aromatic carbocycles. The first-order valence-corrected chi connectivity index (χ1v) is 12.5. The summed E-state index contributed by atoms with van der Waals surface area (Å²) in [7, 11) is 1.57. The minimum atomic E-state index is -0.301. The Hall–Kier alpha value is -3.60. The van der Waals surface area contributed by atoms with E-state index in [0.717, 1.165) is 29.2 Å². The van der Waals surface area contributed by atoms with Gasteiger partial charge in [0.25, 0.3) is 5.91 Å². The molecule has 4 rings (SSSR count). The number of pyridine rings is 1. The van der Waals surface area contributed by atoms with Crippen molar-refractivity contribution in [2.75, 3.05) is 25.5 Å². The summed E-state index contributed by atoms with van der Waals surface area (Å²) in [6.07, 6.45) is 3.66. The number of anilines is 1. The Kier molecular flexibility index (Phi) is 7.54. The summed E-state index contributed by atoms with van der Waals surface area (Å²) in [6.45, 7) is 5.10. The second kappa shape index (κ2) is 10.8. The Labute approximate surface area is 207 Å². The van der Waals surface area contributed by atoms with Gasteiger partial charge in [-0.15, -0.1) is 11.3 Å². The first-order chi connectivity index (χ1) is 16.9. The number of aromatic nitrogens is 4. The normalized spacial score (nSPS) is 14.1. The van der Waals surface area contributed by atoms with E-state index in [0.29, 0.717) is 30.3 Å². The number of thiazole rings is 1. The summed E-state index contributed by atoms with van der Waals surface area (Å²) in [5, 5.41) is 12.6. The summed E-state index contributed by atoms with van der Waals surface area (Å²) in [4.78, 5) is 47.5. The summed E-state index contributed by atoms with van der Waals surface area (Å²) in [5.41, 5.74) is 2.71. The van der Waals surface area contributed by atoms with Crippen molar-refractivity contribution in [3.63, 3.8) is 0 Å². The molecule has 10 nitrogen and oxygen atoms in total. The van der Waals surface area contributed by atoms with Crippen LogP contribution in [0.15, 0.2) is 29.8 Å². The molecule has 1 aliphatic rings. The molecule has 11 heteroatoms. The number of hydrogen-bond donors (Lipinski definition) is 2. The van der Waals surface area contributed by atoms with Crippen molar-refractivity contribution in [1.29, 1.82) is 0 Å². The molecule has 0 bridgehead atoms. The zero-order valence-electron chi connectivity index (χ0n) is 20.1. The fourth-order valence-corrected chi connectivity index (χ4v) is 5.12. The van der Waals surface area contributed by atoms with Crippen LogP contribution in [-0.4, -0.2) is 62.5 Å². The quantitative estimate of drug-likeness (QED) is 0.520. The van der Waals surface area contributed by atoms with Crippen molar-refractivity contribution in [1.82, 2.24) is 30.0 Å². The van der Waals surface area contributed by atoms with E-state index in [4.69, 9.17) is 0 Å². The fourth-order valence-electron chi connectivity index (χ4n) is 4.15. The number of rotatable bonds is 7. The van der Waals surface area contributed by atoms with Crippen LogP contribution in [0.2, 0.25) is 0 Å². The van der Waals surface area contributed by atoms with Crippen molar-refractivity contribution in [2.45, 2.75) is 45.4 Å². The van der Waals surface area contributed by atoms with Gasteiger partial charge in [-0.3, -0.25) is 14.4 Å². The Bertz CT molecular complexity index is 1230. The van der Waals surface area contributed by atoms with E-state index >= 15 is 0 Å². The van der Waals surface area contributed by atoms with Crippen LogP contribution in [0.3, 0.4) is 0 Å². The van der Waals surface area contributed by atoms with Gasteiger partial charge in [-0.05, 0) is 44.9 Å². The van der Waals surface area contributed by atoms with Gasteiger partial charge in [0.1, 0.15) is 5.69 Å². The Morgan fingerprint density at radius 3 is 2.63 bits per heavy atom. The minimum absolute atomic E-state index is 0.00106. The highest BCUT2D eigenvalue weighted by Gasteiger charge is 2.26. The van der Waals surface area contributed by atoms with Gasteiger partial charge < -0.3 is 15.5 Å². The van der Waals surface area contributed by atoms with Crippen molar-refractivity contribution >= 4 is 34.7 Å². The van der Waals surface area contributed by atoms with E-state index in [9.17, 15) is 14.4 Å². The van der Waals surface area contributed by atoms with Crippen molar-refractivity contribution in [2.24, 2.45) is 0 Å². The van der Waals surface area contributed by atoms with Crippen LogP contribution in [0.5, 0.6) is 0 Å². The standard InChI is InChI=1S/C24H29N7O3S/c1-15-13-16(2)31(29-15)22-18(5-4-10-26-22)27-23(34)19-14-35-24(28-19)17-8-11-30(12-9-17)21(33)7-6-20(32)25-3/h4-5,10,13-14,17H,6-9,11-12H2,1-3H3,(H,25,32)(H,27,34). The van der Waals surface area contributed by atoms with Gasteiger partial charge in [0.05, 0.1) is 16.4 Å². The lowest BCUT2D eigenvalue weighted by Gasteiger charge is -2.31. The molecular weight excluding hydrogens is 466 g/mol. The molecule has 2 N–H and O–H groups in total. The molecule has 0 saturated carbocycles. The molecule has 1 saturated heterocycles. The van der Waals surface area contributed by atoms with E-state index in [-0.39, 0.29) is 36.5 Å². The molecule has 0 unspecified atom stereocenters. The molecule has 3 amide bonds. The molecule has 3 aromatic heterocycles. The van der Waals surface area contributed by atoms with Gasteiger partial charge in [-0.2, -0.15) is 5.10 Å². The summed E-state index contributed by atoms with van der Waals surface area (Å²) < 4.78 is 1.71. The molecule has 3 aromatic rings. The number of likely N-dealkylation sites (tertiary alicyclic amines) is 1. The first-order valence-electron chi connectivity index (χ1n) is 11.6.